The zero-order valence-corrected chi connectivity index (χ0v) is 14.2. The molecule has 1 aliphatic carbocycles. The summed E-state index contributed by atoms with van der Waals surface area (Å²) < 4.78 is 5.74. The highest BCUT2D eigenvalue weighted by Gasteiger charge is 2.34. The fraction of sp³-hybridized carbons (Fsp3) is 0.312. The third kappa shape index (κ3) is 3.98. The highest BCUT2D eigenvalue weighted by atomic mass is 79.9. The van der Waals surface area contributed by atoms with Crippen LogP contribution in [0, 0.1) is 6.92 Å². The Morgan fingerprint density at radius 1 is 1.39 bits per heavy atom. The molecular formula is C16H16BrN3O3. The summed E-state index contributed by atoms with van der Waals surface area (Å²) in [4.78, 5) is 26.4. The monoisotopic (exact) mass is 377 g/mol. The SMILES string of the molecule is Cc1cc(NC(=O)CN(C(=O)c2cccc(Br)c2)C2CC2)no1. The molecule has 1 aliphatic rings. The lowest BCUT2D eigenvalue weighted by atomic mass is 10.2. The Hall–Kier alpha value is -2.15. The van der Waals surface area contributed by atoms with Crippen molar-refractivity contribution in [2.75, 3.05) is 11.9 Å². The molecule has 0 unspecified atom stereocenters. The number of carbonyl (C=O) groups excluding carboxylic acids is 2. The topological polar surface area (TPSA) is 75.4 Å². The molecule has 1 aromatic heterocycles. The van der Waals surface area contributed by atoms with Gasteiger partial charge in [-0.05, 0) is 38.0 Å². The molecule has 1 saturated carbocycles. The first-order valence-electron chi connectivity index (χ1n) is 7.32. The van der Waals surface area contributed by atoms with Crippen LogP contribution in [-0.2, 0) is 4.79 Å². The van der Waals surface area contributed by atoms with Crippen molar-refractivity contribution in [2.45, 2.75) is 25.8 Å². The Morgan fingerprint density at radius 2 is 2.17 bits per heavy atom. The molecule has 23 heavy (non-hydrogen) atoms. The number of nitrogens with one attached hydrogen (secondary N) is 1. The number of hydrogen-bond acceptors (Lipinski definition) is 4. The maximum Gasteiger partial charge on any atom is 0.254 e. The molecular weight excluding hydrogens is 362 g/mol. The number of amides is 2. The first-order valence-corrected chi connectivity index (χ1v) is 8.12. The lowest BCUT2D eigenvalue weighted by Gasteiger charge is -2.21. The van der Waals surface area contributed by atoms with Gasteiger partial charge in [-0.3, -0.25) is 9.59 Å². The van der Waals surface area contributed by atoms with Gasteiger partial charge >= 0.3 is 0 Å². The van der Waals surface area contributed by atoms with Crippen LogP contribution in [0.15, 0.2) is 39.3 Å². The van der Waals surface area contributed by atoms with E-state index in [-0.39, 0.29) is 24.4 Å². The average molecular weight is 378 g/mol. The normalized spacial score (nSPS) is 13.7. The smallest absolute Gasteiger partial charge is 0.254 e. The van der Waals surface area contributed by atoms with E-state index >= 15 is 0 Å². The number of hydrogen-bond donors (Lipinski definition) is 1. The molecule has 1 aromatic carbocycles. The standard InChI is InChI=1S/C16H16BrN3O3/c1-10-7-14(19-23-10)18-15(21)9-20(13-5-6-13)16(22)11-3-2-4-12(17)8-11/h2-4,7-8,13H,5-6,9H2,1H3,(H,18,19,21). The van der Waals surface area contributed by atoms with Crippen molar-refractivity contribution in [1.82, 2.24) is 10.1 Å². The summed E-state index contributed by atoms with van der Waals surface area (Å²) >= 11 is 3.36. The number of halogens is 1. The molecule has 3 rings (SSSR count). The van der Waals surface area contributed by atoms with Crippen molar-refractivity contribution in [3.8, 4) is 0 Å². The van der Waals surface area contributed by atoms with Crippen LogP contribution < -0.4 is 5.32 Å². The van der Waals surface area contributed by atoms with Crippen LogP contribution in [-0.4, -0.2) is 34.5 Å². The lowest BCUT2D eigenvalue weighted by Crippen LogP contribution is -2.39. The third-order valence-corrected chi connectivity index (χ3v) is 4.02. The van der Waals surface area contributed by atoms with Crippen molar-refractivity contribution >= 4 is 33.6 Å². The Morgan fingerprint density at radius 3 is 2.78 bits per heavy atom. The van der Waals surface area contributed by atoms with E-state index in [2.05, 4.69) is 26.4 Å². The minimum absolute atomic E-state index is 0.00191. The Labute approximate surface area is 142 Å². The van der Waals surface area contributed by atoms with Gasteiger partial charge in [0.2, 0.25) is 5.91 Å². The molecule has 6 nitrogen and oxygen atoms in total. The van der Waals surface area contributed by atoms with Crippen LogP contribution in [0.3, 0.4) is 0 Å². The highest BCUT2D eigenvalue weighted by molar-refractivity contribution is 9.10. The van der Waals surface area contributed by atoms with Crippen LogP contribution >= 0.6 is 15.9 Å². The summed E-state index contributed by atoms with van der Waals surface area (Å²) in [5, 5.41) is 6.37. The van der Waals surface area contributed by atoms with Crippen LogP contribution in [0.1, 0.15) is 29.0 Å². The summed E-state index contributed by atoms with van der Waals surface area (Å²) in [6, 6.07) is 8.94. The quantitative estimate of drug-likeness (QED) is 0.868. The largest absolute Gasteiger partial charge is 0.360 e. The lowest BCUT2D eigenvalue weighted by molar-refractivity contribution is -0.117. The molecule has 1 fully saturated rings. The van der Waals surface area contributed by atoms with Gasteiger partial charge in [0.15, 0.2) is 5.82 Å². The summed E-state index contributed by atoms with van der Waals surface area (Å²) in [6.07, 6.45) is 1.85. The number of nitrogens with zero attached hydrogens (tertiary/aromatic N) is 2. The molecule has 2 aromatic rings. The second-order valence-corrected chi connectivity index (χ2v) is 6.46. The van der Waals surface area contributed by atoms with Gasteiger partial charge in [0.25, 0.3) is 5.91 Å². The van der Waals surface area contributed by atoms with Gasteiger partial charge in [0.05, 0.1) is 0 Å². The van der Waals surface area contributed by atoms with E-state index in [0.717, 1.165) is 17.3 Å². The second kappa shape index (κ2) is 6.54. The van der Waals surface area contributed by atoms with Crippen LogP contribution in [0.2, 0.25) is 0 Å². The predicted octanol–water partition coefficient (Wildman–Crippen LogP) is 2.99. The molecule has 0 saturated heterocycles. The van der Waals surface area contributed by atoms with E-state index in [9.17, 15) is 9.59 Å². The minimum atomic E-state index is -0.284. The van der Waals surface area contributed by atoms with E-state index in [1.165, 1.54) is 0 Å². The first-order chi connectivity index (χ1) is 11.0. The summed E-state index contributed by atoms with van der Waals surface area (Å²) in [5.74, 6) is 0.552. The van der Waals surface area contributed by atoms with Crippen molar-refractivity contribution in [3.63, 3.8) is 0 Å². The van der Waals surface area contributed by atoms with Gasteiger partial charge in [-0.15, -0.1) is 0 Å². The van der Waals surface area contributed by atoms with Crippen LogP contribution in [0.5, 0.6) is 0 Å². The van der Waals surface area contributed by atoms with Crippen molar-refractivity contribution < 1.29 is 14.1 Å². The molecule has 1 N–H and O–H groups in total. The molecule has 7 heteroatoms. The van der Waals surface area contributed by atoms with Crippen molar-refractivity contribution in [1.29, 1.82) is 0 Å². The molecule has 2 amide bonds. The second-order valence-electron chi connectivity index (χ2n) is 5.55. The van der Waals surface area contributed by atoms with Gasteiger partial charge in [-0.25, -0.2) is 0 Å². The maximum absolute atomic E-state index is 12.7. The van der Waals surface area contributed by atoms with Crippen LogP contribution in [0.4, 0.5) is 5.82 Å². The number of carbonyl (C=O) groups is 2. The maximum atomic E-state index is 12.7. The summed E-state index contributed by atoms with van der Waals surface area (Å²) in [5.41, 5.74) is 0.566. The van der Waals surface area contributed by atoms with E-state index < -0.39 is 0 Å². The average Bonchev–Trinajstić information content (AvgIpc) is 3.27. The van der Waals surface area contributed by atoms with Crippen molar-refractivity contribution in [3.05, 3.63) is 46.1 Å². The Balaban J connectivity index is 1.69. The number of anilines is 1. The molecule has 0 atom stereocenters. The molecule has 1 heterocycles. The van der Waals surface area contributed by atoms with Gasteiger partial charge in [0.1, 0.15) is 12.3 Å². The molecule has 0 bridgehead atoms. The molecule has 120 valence electrons. The Bertz CT molecular complexity index is 740. The number of benzene rings is 1. The molecule has 0 spiro atoms. The van der Waals surface area contributed by atoms with Gasteiger partial charge < -0.3 is 14.7 Å². The third-order valence-electron chi connectivity index (χ3n) is 3.53. The fourth-order valence-electron chi connectivity index (χ4n) is 2.30. The Kier molecular flexibility index (Phi) is 4.47. The summed E-state index contributed by atoms with van der Waals surface area (Å²) in [6.45, 7) is 1.75. The minimum Gasteiger partial charge on any atom is -0.360 e. The number of aryl methyl sites for hydroxylation is 1. The first kappa shape index (κ1) is 15.7. The molecule has 0 radical (unpaired) electrons. The van der Waals surface area contributed by atoms with Gasteiger partial charge in [-0.2, -0.15) is 0 Å². The van der Waals surface area contributed by atoms with Gasteiger partial charge in [0, 0.05) is 22.1 Å². The number of aromatic nitrogens is 1. The zero-order valence-electron chi connectivity index (χ0n) is 12.6. The van der Waals surface area contributed by atoms with Gasteiger partial charge in [-0.1, -0.05) is 27.2 Å². The van der Waals surface area contributed by atoms with E-state index in [4.69, 9.17) is 4.52 Å². The number of rotatable bonds is 5. The van der Waals surface area contributed by atoms with Crippen LogP contribution in [0.25, 0.3) is 0 Å². The highest BCUT2D eigenvalue weighted by Crippen LogP contribution is 2.28. The van der Waals surface area contributed by atoms with E-state index in [1.54, 1.807) is 36.1 Å². The van der Waals surface area contributed by atoms with Crippen molar-refractivity contribution in [2.24, 2.45) is 0 Å². The summed E-state index contributed by atoms with van der Waals surface area (Å²) in [7, 11) is 0. The zero-order chi connectivity index (χ0) is 16.4. The molecule has 0 aliphatic heterocycles. The predicted molar refractivity (Wildman–Crippen MR) is 88.1 cm³/mol. The van der Waals surface area contributed by atoms with E-state index in [0.29, 0.717) is 17.1 Å². The van der Waals surface area contributed by atoms with E-state index in [1.807, 2.05) is 6.07 Å². The fourth-order valence-corrected chi connectivity index (χ4v) is 2.70.